The third kappa shape index (κ3) is 4.39. The van der Waals surface area contributed by atoms with Gasteiger partial charge < -0.3 is 10.1 Å². The molecule has 2 unspecified atom stereocenters. The lowest BCUT2D eigenvalue weighted by Crippen LogP contribution is -2.32. The predicted octanol–water partition coefficient (Wildman–Crippen LogP) is 4.95. The van der Waals surface area contributed by atoms with Gasteiger partial charge >= 0.3 is 0 Å². The summed E-state index contributed by atoms with van der Waals surface area (Å²) < 4.78 is 6.01. The number of fused-ring (bicyclic) bond motifs is 1. The molecule has 1 N–H and O–H groups in total. The summed E-state index contributed by atoms with van der Waals surface area (Å²) in [6.45, 7) is 1.92. The molecule has 0 bridgehead atoms. The van der Waals surface area contributed by atoms with Crippen molar-refractivity contribution in [3.63, 3.8) is 0 Å². The van der Waals surface area contributed by atoms with E-state index in [1.165, 1.54) is 11.1 Å². The lowest BCUT2D eigenvalue weighted by molar-refractivity contribution is 0.0943. The fourth-order valence-electron chi connectivity index (χ4n) is 3.40. The maximum absolute atomic E-state index is 12.9. The summed E-state index contributed by atoms with van der Waals surface area (Å²) in [5.41, 5.74) is 2.86. The van der Waals surface area contributed by atoms with E-state index >= 15 is 0 Å². The zero-order chi connectivity index (χ0) is 20.9. The number of para-hydroxylation sites is 1. The zero-order valence-corrected chi connectivity index (χ0v) is 17.7. The van der Waals surface area contributed by atoms with E-state index in [1.807, 2.05) is 67.1 Å². The second kappa shape index (κ2) is 9.13. The Balaban J connectivity index is 1.64. The lowest BCUT2D eigenvalue weighted by atomic mass is 9.77. The van der Waals surface area contributed by atoms with Crippen LogP contribution in [0.15, 0.2) is 72.3 Å². The molecular formula is C24H23N3O2S. The van der Waals surface area contributed by atoms with E-state index in [0.717, 1.165) is 6.42 Å². The van der Waals surface area contributed by atoms with Gasteiger partial charge in [0.2, 0.25) is 5.88 Å². The van der Waals surface area contributed by atoms with Crippen LogP contribution in [0.3, 0.4) is 0 Å². The number of rotatable bonds is 7. The highest BCUT2D eigenvalue weighted by Crippen LogP contribution is 2.39. The minimum atomic E-state index is -0.264. The fourth-order valence-corrected chi connectivity index (χ4v) is 3.79. The van der Waals surface area contributed by atoms with E-state index in [9.17, 15) is 4.79 Å². The van der Waals surface area contributed by atoms with Gasteiger partial charge in [-0.15, -0.1) is 11.8 Å². The molecule has 2 atom stereocenters. The number of carbonyl (C=O) groups is 1. The van der Waals surface area contributed by atoms with Gasteiger partial charge in [-0.1, -0.05) is 48.5 Å². The highest BCUT2D eigenvalue weighted by Gasteiger charge is 2.30. The highest BCUT2D eigenvalue weighted by molar-refractivity contribution is 8.01. The van der Waals surface area contributed by atoms with Crippen molar-refractivity contribution in [3.05, 3.63) is 94.8 Å². The molecule has 5 nitrogen and oxygen atoms in total. The average Bonchev–Trinajstić information content (AvgIpc) is 2.74. The van der Waals surface area contributed by atoms with E-state index < -0.39 is 0 Å². The number of nitrogens with one attached hydrogen (secondary N) is 1. The van der Waals surface area contributed by atoms with Crippen LogP contribution in [-0.4, -0.2) is 28.2 Å². The molecule has 0 saturated carbocycles. The number of hydrogen-bond acceptors (Lipinski definition) is 5. The molecule has 2 aromatic carbocycles. The van der Waals surface area contributed by atoms with Crippen LogP contribution in [-0.2, 0) is 6.42 Å². The van der Waals surface area contributed by atoms with Crippen molar-refractivity contribution in [1.82, 2.24) is 15.3 Å². The van der Waals surface area contributed by atoms with Gasteiger partial charge in [-0.05, 0) is 48.3 Å². The van der Waals surface area contributed by atoms with Gasteiger partial charge in [-0.25, -0.2) is 4.98 Å². The summed E-state index contributed by atoms with van der Waals surface area (Å²) in [4.78, 5) is 22.1. The van der Waals surface area contributed by atoms with Crippen LogP contribution in [0.4, 0.5) is 0 Å². The Morgan fingerprint density at radius 3 is 2.73 bits per heavy atom. The Labute approximate surface area is 180 Å². The van der Waals surface area contributed by atoms with Crippen molar-refractivity contribution in [2.75, 3.05) is 6.26 Å². The van der Waals surface area contributed by atoms with Gasteiger partial charge in [0, 0.05) is 18.2 Å². The molecule has 152 valence electrons. The largest absolute Gasteiger partial charge is 0.438 e. The van der Waals surface area contributed by atoms with Gasteiger partial charge in [0.15, 0.2) is 0 Å². The molecule has 6 heteroatoms. The third-order valence-corrected chi connectivity index (χ3v) is 5.43. The Morgan fingerprint density at radius 2 is 1.97 bits per heavy atom. The van der Waals surface area contributed by atoms with Crippen LogP contribution in [0, 0.1) is 0 Å². The summed E-state index contributed by atoms with van der Waals surface area (Å²) >= 11 is 1.59. The first kappa shape index (κ1) is 20.2. The van der Waals surface area contributed by atoms with Gasteiger partial charge in [-0.2, -0.15) is 4.98 Å². The smallest absolute Gasteiger partial charge is 0.258 e. The first-order valence-electron chi connectivity index (χ1n) is 9.83. The van der Waals surface area contributed by atoms with Crippen LogP contribution in [0.25, 0.3) is 0 Å². The first-order valence-corrected chi connectivity index (χ1v) is 11.1. The summed E-state index contributed by atoms with van der Waals surface area (Å²) in [7, 11) is 0. The van der Waals surface area contributed by atoms with Crippen LogP contribution >= 0.6 is 11.8 Å². The minimum Gasteiger partial charge on any atom is -0.438 e. The summed E-state index contributed by atoms with van der Waals surface area (Å²) in [6, 6.07) is 17.5. The lowest BCUT2D eigenvalue weighted by Gasteiger charge is -2.29. The van der Waals surface area contributed by atoms with Crippen molar-refractivity contribution in [2.24, 2.45) is 0 Å². The Kier molecular flexibility index (Phi) is 6.14. The predicted molar refractivity (Wildman–Crippen MR) is 120 cm³/mol. The molecule has 1 amide bonds. The Morgan fingerprint density at radius 1 is 1.20 bits per heavy atom. The number of ether oxygens (including phenoxy) is 1. The van der Waals surface area contributed by atoms with Gasteiger partial charge in [0.1, 0.15) is 17.1 Å². The average molecular weight is 418 g/mol. The second-order valence-electron chi connectivity index (χ2n) is 7.14. The maximum Gasteiger partial charge on any atom is 0.258 e. The number of benzene rings is 2. The molecule has 0 aliphatic heterocycles. The summed E-state index contributed by atoms with van der Waals surface area (Å²) in [6.07, 6.45) is 6.37. The molecule has 3 aromatic rings. The second-order valence-corrected chi connectivity index (χ2v) is 7.89. The standard InChI is InChI=1S/C24H23N3O2S/c1-16(12-13-30-2)26-23(28)21-15-25-22(20-14-17-8-6-7-11-19(17)20)27-24(21)29-18-9-4-3-5-10-18/h3-13,15-16,20H,14H2,1-2H3,(H,26,28)/b13-12+. The molecular weight excluding hydrogens is 394 g/mol. The van der Waals surface area contributed by atoms with Gasteiger partial charge in [0.05, 0.1) is 0 Å². The molecule has 1 aliphatic carbocycles. The molecule has 0 fully saturated rings. The van der Waals surface area contributed by atoms with E-state index in [-0.39, 0.29) is 23.7 Å². The number of hydrogen-bond donors (Lipinski definition) is 1. The van der Waals surface area contributed by atoms with Crippen molar-refractivity contribution < 1.29 is 9.53 Å². The van der Waals surface area contributed by atoms with Crippen molar-refractivity contribution in [1.29, 1.82) is 0 Å². The van der Waals surface area contributed by atoms with Crippen LogP contribution < -0.4 is 10.1 Å². The number of thioether (sulfide) groups is 1. The van der Waals surface area contributed by atoms with Crippen LogP contribution in [0.1, 0.15) is 40.2 Å². The maximum atomic E-state index is 12.9. The number of aromatic nitrogens is 2. The molecule has 1 heterocycles. The fraction of sp³-hybridized carbons (Fsp3) is 0.208. The van der Waals surface area contributed by atoms with E-state index in [2.05, 4.69) is 27.4 Å². The van der Waals surface area contributed by atoms with Crippen LogP contribution in [0.5, 0.6) is 11.6 Å². The molecule has 1 aliphatic rings. The van der Waals surface area contributed by atoms with E-state index in [4.69, 9.17) is 4.74 Å². The minimum absolute atomic E-state index is 0.118. The summed E-state index contributed by atoms with van der Waals surface area (Å²) in [5, 5.41) is 4.89. The Hall–Kier alpha value is -3.12. The van der Waals surface area contributed by atoms with E-state index in [0.29, 0.717) is 17.1 Å². The van der Waals surface area contributed by atoms with Gasteiger partial charge in [-0.3, -0.25) is 4.79 Å². The zero-order valence-electron chi connectivity index (χ0n) is 16.9. The molecule has 0 spiro atoms. The molecule has 4 rings (SSSR count). The van der Waals surface area contributed by atoms with Crippen molar-refractivity contribution >= 4 is 17.7 Å². The topological polar surface area (TPSA) is 64.1 Å². The van der Waals surface area contributed by atoms with Crippen molar-refractivity contribution in [2.45, 2.75) is 25.3 Å². The molecule has 30 heavy (non-hydrogen) atoms. The van der Waals surface area contributed by atoms with Crippen molar-refractivity contribution in [3.8, 4) is 11.6 Å². The summed E-state index contributed by atoms with van der Waals surface area (Å²) in [5.74, 6) is 1.43. The quantitative estimate of drug-likeness (QED) is 0.589. The highest BCUT2D eigenvalue weighted by atomic mass is 32.2. The SMILES string of the molecule is CS/C=C/C(C)NC(=O)c1cnc(C2Cc3ccccc32)nc1Oc1ccccc1. The van der Waals surface area contributed by atoms with Crippen LogP contribution in [0.2, 0.25) is 0 Å². The molecule has 1 aromatic heterocycles. The monoisotopic (exact) mass is 417 g/mol. The Bertz CT molecular complexity index is 1070. The molecule has 0 saturated heterocycles. The normalized spacial score (nSPS) is 15.9. The number of nitrogens with zero attached hydrogens (tertiary/aromatic N) is 2. The number of amides is 1. The molecule has 0 radical (unpaired) electrons. The first-order chi connectivity index (χ1) is 14.7. The number of carbonyl (C=O) groups excluding carboxylic acids is 1. The van der Waals surface area contributed by atoms with Gasteiger partial charge in [0.25, 0.3) is 5.91 Å². The third-order valence-electron chi connectivity index (χ3n) is 5.00. The van der Waals surface area contributed by atoms with E-state index in [1.54, 1.807) is 18.0 Å².